The molecule has 0 heterocycles. The van der Waals surface area contributed by atoms with E-state index in [1.54, 1.807) is 0 Å². The second-order valence-corrected chi connectivity index (χ2v) is 8.21. The molecule has 0 aromatic heterocycles. The standard InChI is InChI=1S/C18H40N2O/c1-17(2,3)19(7)13-9-11-15-21-16-12-10-14-20(8)18(4,5)6/h9-16H2,1-8H3. The quantitative estimate of drug-likeness (QED) is 0.567. The van der Waals surface area contributed by atoms with Crippen LogP contribution in [0.1, 0.15) is 67.2 Å². The Hall–Kier alpha value is -0.120. The molecule has 128 valence electrons. The molecule has 0 radical (unpaired) electrons. The summed E-state index contributed by atoms with van der Waals surface area (Å²) in [7, 11) is 4.40. The van der Waals surface area contributed by atoms with Crippen LogP contribution in [0.15, 0.2) is 0 Å². The Labute approximate surface area is 134 Å². The van der Waals surface area contributed by atoms with Crippen molar-refractivity contribution in [1.29, 1.82) is 0 Å². The van der Waals surface area contributed by atoms with Crippen LogP contribution in [-0.2, 0) is 4.74 Å². The maximum absolute atomic E-state index is 5.73. The van der Waals surface area contributed by atoms with Crippen molar-refractivity contribution in [3.8, 4) is 0 Å². The lowest BCUT2D eigenvalue weighted by atomic mass is 10.1. The lowest BCUT2D eigenvalue weighted by molar-refractivity contribution is 0.111. The second kappa shape index (κ2) is 9.81. The summed E-state index contributed by atoms with van der Waals surface area (Å²) in [5.41, 5.74) is 0.555. The molecule has 21 heavy (non-hydrogen) atoms. The molecule has 0 N–H and O–H groups in total. The van der Waals surface area contributed by atoms with Gasteiger partial charge in [0.15, 0.2) is 0 Å². The average molecular weight is 301 g/mol. The molecule has 0 unspecified atom stereocenters. The van der Waals surface area contributed by atoms with E-state index in [4.69, 9.17) is 4.74 Å². The van der Waals surface area contributed by atoms with Crippen molar-refractivity contribution < 1.29 is 4.74 Å². The molecule has 0 aliphatic heterocycles. The summed E-state index contributed by atoms with van der Waals surface area (Å²) in [5.74, 6) is 0. The maximum Gasteiger partial charge on any atom is 0.0466 e. The van der Waals surface area contributed by atoms with Crippen molar-refractivity contribution in [2.75, 3.05) is 40.4 Å². The zero-order valence-corrected chi connectivity index (χ0v) is 16.0. The van der Waals surface area contributed by atoms with E-state index in [1.807, 2.05) is 0 Å². The molecule has 3 nitrogen and oxygen atoms in total. The SMILES string of the molecule is CN(CCCCOCCCCN(C)C(C)(C)C)C(C)(C)C. The van der Waals surface area contributed by atoms with Crippen LogP contribution < -0.4 is 0 Å². The number of nitrogens with zero attached hydrogens (tertiary/aromatic N) is 2. The third-order valence-corrected chi connectivity index (χ3v) is 4.35. The zero-order chi connectivity index (χ0) is 16.5. The number of rotatable bonds is 10. The minimum Gasteiger partial charge on any atom is -0.381 e. The van der Waals surface area contributed by atoms with E-state index < -0.39 is 0 Å². The van der Waals surface area contributed by atoms with E-state index in [9.17, 15) is 0 Å². The van der Waals surface area contributed by atoms with Gasteiger partial charge in [0.05, 0.1) is 0 Å². The molecule has 0 saturated carbocycles. The van der Waals surface area contributed by atoms with Crippen molar-refractivity contribution in [3.05, 3.63) is 0 Å². The molecule has 0 atom stereocenters. The van der Waals surface area contributed by atoms with Crippen LogP contribution in [0.3, 0.4) is 0 Å². The first-order valence-electron chi connectivity index (χ1n) is 8.55. The lowest BCUT2D eigenvalue weighted by Crippen LogP contribution is -2.38. The fourth-order valence-electron chi connectivity index (χ4n) is 1.88. The van der Waals surface area contributed by atoms with Gasteiger partial charge in [-0.05, 0) is 94.4 Å². The second-order valence-electron chi connectivity index (χ2n) is 8.21. The monoisotopic (exact) mass is 300 g/mol. The van der Waals surface area contributed by atoms with Crippen LogP contribution in [0.4, 0.5) is 0 Å². The van der Waals surface area contributed by atoms with Crippen LogP contribution in [0, 0.1) is 0 Å². The summed E-state index contributed by atoms with van der Waals surface area (Å²) in [6, 6.07) is 0. The Bertz CT molecular complexity index is 227. The van der Waals surface area contributed by atoms with Gasteiger partial charge in [0.2, 0.25) is 0 Å². The Kier molecular flexibility index (Phi) is 9.75. The Balaban J connectivity index is 3.38. The highest BCUT2D eigenvalue weighted by atomic mass is 16.5. The topological polar surface area (TPSA) is 15.7 Å². The van der Waals surface area contributed by atoms with Crippen LogP contribution in [0.25, 0.3) is 0 Å². The molecule has 0 bridgehead atoms. The van der Waals surface area contributed by atoms with E-state index in [0.29, 0.717) is 0 Å². The zero-order valence-electron chi connectivity index (χ0n) is 16.0. The number of unbranched alkanes of at least 4 members (excludes halogenated alkanes) is 2. The molecule has 0 fully saturated rings. The van der Waals surface area contributed by atoms with Gasteiger partial charge in [0.1, 0.15) is 0 Å². The van der Waals surface area contributed by atoms with Gasteiger partial charge < -0.3 is 14.5 Å². The van der Waals surface area contributed by atoms with Gasteiger partial charge in [-0.3, -0.25) is 0 Å². The van der Waals surface area contributed by atoms with E-state index in [2.05, 4.69) is 65.4 Å². The Morgan fingerprint density at radius 2 is 0.952 bits per heavy atom. The van der Waals surface area contributed by atoms with E-state index in [-0.39, 0.29) is 11.1 Å². The Morgan fingerprint density at radius 1 is 0.619 bits per heavy atom. The summed E-state index contributed by atoms with van der Waals surface area (Å²) < 4.78 is 5.73. The van der Waals surface area contributed by atoms with E-state index in [0.717, 1.165) is 26.3 Å². The van der Waals surface area contributed by atoms with Gasteiger partial charge >= 0.3 is 0 Å². The summed E-state index contributed by atoms with van der Waals surface area (Å²) in [6.07, 6.45) is 4.78. The molecular weight excluding hydrogens is 260 g/mol. The normalized spacial score (nSPS) is 13.4. The first kappa shape index (κ1) is 20.9. The van der Waals surface area contributed by atoms with Crippen LogP contribution in [-0.4, -0.2) is 61.3 Å². The molecule has 0 spiro atoms. The predicted octanol–water partition coefficient (Wildman–Crippen LogP) is 4.02. The highest BCUT2D eigenvalue weighted by Crippen LogP contribution is 2.12. The summed E-state index contributed by atoms with van der Waals surface area (Å²) in [5, 5.41) is 0. The van der Waals surface area contributed by atoms with Crippen molar-refractivity contribution in [2.24, 2.45) is 0 Å². The molecule has 0 rings (SSSR count). The first-order valence-corrected chi connectivity index (χ1v) is 8.55. The van der Waals surface area contributed by atoms with Crippen molar-refractivity contribution in [2.45, 2.75) is 78.3 Å². The van der Waals surface area contributed by atoms with Crippen LogP contribution in [0.5, 0.6) is 0 Å². The Morgan fingerprint density at radius 3 is 1.24 bits per heavy atom. The predicted molar refractivity (Wildman–Crippen MR) is 94.1 cm³/mol. The van der Waals surface area contributed by atoms with Crippen molar-refractivity contribution >= 4 is 0 Å². The summed E-state index contributed by atoms with van der Waals surface area (Å²) >= 11 is 0. The van der Waals surface area contributed by atoms with Gasteiger partial charge in [-0.2, -0.15) is 0 Å². The molecule has 0 aromatic rings. The lowest BCUT2D eigenvalue weighted by Gasteiger charge is -2.32. The largest absolute Gasteiger partial charge is 0.381 e. The van der Waals surface area contributed by atoms with Gasteiger partial charge in [0.25, 0.3) is 0 Å². The number of hydrogen-bond acceptors (Lipinski definition) is 3. The third-order valence-electron chi connectivity index (χ3n) is 4.35. The maximum atomic E-state index is 5.73. The molecule has 3 heteroatoms. The van der Waals surface area contributed by atoms with Gasteiger partial charge in [-0.1, -0.05) is 0 Å². The number of hydrogen-bond donors (Lipinski definition) is 0. The minimum atomic E-state index is 0.278. The van der Waals surface area contributed by atoms with Gasteiger partial charge in [-0.15, -0.1) is 0 Å². The molecule has 0 aliphatic carbocycles. The van der Waals surface area contributed by atoms with Crippen LogP contribution in [0.2, 0.25) is 0 Å². The minimum absolute atomic E-state index is 0.278. The smallest absolute Gasteiger partial charge is 0.0466 e. The number of ether oxygens (including phenoxy) is 1. The fourth-order valence-corrected chi connectivity index (χ4v) is 1.88. The van der Waals surface area contributed by atoms with Gasteiger partial charge in [-0.25, -0.2) is 0 Å². The molecule has 0 amide bonds. The molecule has 0 aromatic carbocycles. The molecule has 0 aliphatic rings. The molecule has 0 saturated heterocycles. The first-order chi connectivity index (χ1) is 9.55. The highest BCUT2D eigenvalue weighted by molar-refractivity contribution is 4.73. The summed E-state index contributed by atoms with van der Waals surface area (Å²) in [6.45, 7) is 17.7. The average Bonchev–Trinajstić information content (AvgIpc) is 2.33. The third kappa shape index (κ3) is 11.1. The summed E-state index contributed by atoms with van der Waals surface area (Å²) in [4.78, 5) is 4.82. The molecular formula is C18H40N2O. The highest BCUT2D eigenvalue weighted by Gasteiger charge is 2.16. The van der Waals surface area contributed by atoms with E-state index >= 15 is 0 Å². The van der Waals surface area contributed by atoms with E-state index in [1.165, 1.54) is 25.7 Å². The van der Waals surface area contributed by atoms with Crippen LogP contribution >= 0.6 is 0 Å². The van der Waals surface area contributed by atoms with Crippen molar-refractivity contribution in [3.63, 3.8) is 0 Å². The van der Waals surface area contributed by atoms with Crippen molar-refractivity contribution in [1.82, 2.24) is 9.80 Å². The van der Waals surface area contributed by atoms with Gasteiger partial charge in [0, 0.05) is 24.3 Å². The fraction of sp³-hybridized carbons (Fsp3) is 1.00.